The van der Waals surface area contributed by atoms with E-state index in [4.69, 9.17) is 4.74 Å². The van der Waals surface area contributed by atoms with Crippen molar-refractivity contribution < 1.29 is 27.5 Å². The van der Waals surface area contributed by atoms with Crippen LogP contribution in [0.15, 0.2) is 18.2 Å². The van der Waals surface area contributed by atoms with Gasteiger partial charge in [0.15, 0.2) is 0 Å². The van der Waals surface area contributed by atoms with Crippen LogP contribution in [0.4, 0.5) is 18.9 Å². The average Bonchev–Trinajstić information content (AvgIpc) is 2.66. The molecule has 1 aromatic rings. The van der Waals surface area contributed by atoms with Gasteiger partial charge in [-0.15, -0.1) is 0 Å². The topological polar surface area (TPSA) is 70.7 Å². The normalized spacial score (nSPS) is 19.6. The van der Waals surface area contributed by atoms with Gasteiger partial charge in [0.2, 0.25) is 11.8 Å². The zero-order chi connectivity index (χ0) is 22.5. The first-order valence-corrected chi connectivity index (χ1v) is 10.1. The lowest BCUT2D eigenvalue weighted by molar-refractivity contribution is -0.137. The molecule has 1 aliphatic rings. The second kappa shape index (κ2) is 10.1. The highest BCUT2D eigenvalue weighted by Crippen LogP contribution is 2.34. The van der Waals surface area contributed by atoms with Crippen LogP contribution in [0.3, 0.4) is 0 Å². The van der Waals surface area contributed by atoms with Crippen molar-refractivity contribution in [3.63, 3.8) is 0 Å². The van der Waals surface area contributed by atoms with E-state index in [0.29, 0.717) is 12.1 Å². The Morgan fingerprint density at radius 3 is 2.30 bits per heavy atom. The quantitative estimate of drug-likeness (QED) is 0.647. The summed E-state index contributed by atoms with van der Waals surface area (Å²) in [5, 5.41) is 5.20. The molecule has 2 amide bonds. The number of halogens is 3. The minimum atomic E-state index is -4.58. The number of hydrogen-bond acceptors (Lipinski definition) is 4. The van der Waals surface area contributed by atoms with E-state index < -0.39 is 30.0 Å². The Bertz CT molecular complexity index is 745. The lowest BCUT2D eigenvalue weighted by Gasteiger charge is -2.37. The number of ether oxygens (including phenoxy) is 1. The molecule has 0 atom stereocenters. The summed E-state index contributed by atoms with van der Waals surface area (Å²) in [4.78, 5) is 26.7. The van der Waals surface area contributed by atoms with Gasteiger partial charge in [0.25, 0.3) is 0 Å². The van der Waals surface area contributed by atoms with Crippen LogP contribution in [-0.4, -0.2) is 49.0 Å². The van der Waals surface area contributed by atoms with Gasteiger partial charge < -0.3 is 20.3 Å². The molecule has 1 fully saturated rings. The summed E-state index contributed by atoms with van der Waals surface area (Å²) < 4.78 is 43.8. The van der Waals surface area contributed by atoms with Gasteiger partial charge in [0.1, 0.15) is 12.2 Å². The molecule has 0 radical (unpaired) electrons. The summed E-state index contributed by atoms with van der Waals surface area (Å²) in [6, 6.07) is 3.88. The molecule has 168 valence electrons. The number of anilines is 1. The minimum Gasteiger partial charge on any atom is -0.497 e. The van der Waals surface area contributed by atoms with Gasteiger partial charge in [-0.25, -0.2) is 0 Å². The molecule has 30 heavy (non-hydrogen) atoms. The number of hydrogen-bond donors (Lipinski definition) is 2. The van der Waals surface area contributed by atoms with Crippen LogP contribution in [0, 0.1) is 0 Å². The Labute approximate surface area is 175 Å². The van der Waals surface area contributed by atoms with Crippen molar-refractivity contribution in [2.24, 2.45) is 0 Å². The van der Waals surface area contributed by atoms with Crippen LogP contribution >= 0.6 is 0 Å². The summed E-state index contributed by atoms with van der Waals surface area (Å²) in [6.07, 6.45) is -1.43. The van der Waals surface area contributed by atoms with E-state index in [9.17, 15) is 22.8 Å². The monoisotopic (exact) mass is 429 g/mol. The third-order valence-corrected chi connectivity index (χ3v) is 5.53. The summed E-state index contributed by atoms with van der Waals surface area (Å²) >= 11 is 0. The molecule has 1 aromatic carbocycles. The molecule has 0 saturated heterocycles. The fourth-order valence-corrected chi connectivity index (χ4v) is 3.63. The average molecular weight is 429 g/mol. The Morgan fingerprint density at radius 2 is 1.77 bits per heavy atom. The number of nitrogens with one attached hydrogen (secondary N) is 2. The molecule has 0 bridgehead atoms. The highest BCUT2D eigenvalue weighted by Gasteiger charge is 2.32. The fraction of sp³-hybridized carbons (Fsp3) is 0.619. The van der Waals surface area contributed by atoms with E-state index in [0.717, 1.165) is 37.8 Å². The maximum Gasteiger partial charge on any atom is 0.416 e. The van der Waals surface area contributed by atoms with Gasteiger partial charge in [0, 0.05) is 29.9 Å². The number of nitrogens with zero attached hydrogens (tertiary/aromatic N) is 1. The van der Waals surface area contributed by atoms with Crippen molar-refractivity contribution in [2.45, 2.75) is 70.3 Å². The number of rotatable bonds is 7. The van der Waals surface area contributed by atoms with Crippen molar-refractivity contribution in [1.82, 2.24) is 10.2 Å². The number of alkyl halides is 3. The van der Waals surface area contributed by atoms with E-state index in [1.54, 1.807) is 0 Å². The standard InChI is InChI=1S/C21H30F3N3O3/c1-13(2)27(3)17-7-5-15(6-8-17)25-19(28)12-20(29)26-16-9-14(21(22,23)24)10-18(11-16)30-4/h9-11,13,15,17H,5-8,12H2,1-4H3,(H,25,28)(H,26,29). The van der Waals surface area contributed by atoms with Gasteiger partial charge in [-0.3, -0.25) is 9.59 Å². The van der Waals surface area contributed by atoms with Crippen LogP contribution in [-0.2, 0) is 15.8 Å². The Morgan fingerprint density at radius 1 is 1.13 bits per heavy atom. The maximum atomic E-state index is 13.0. The predicted molar refractivity (Wildman–Crippen MR) is 108 cm³/mol. The molecular formula is C21H30F3N3O3. The van der Waals surface area contributed by atoms with E-state index in [1.165, 1.54) is 13.2 Å². The SMILES string of the molecule is COc1cc(NC(=O)CC(=O)NC2CCC(N(C)C(C)C)CC2)cc(C(F)(F)F)c1. The van der Waals surface area contributed by atoms with Crippen LogP contribution < -0.4 is 15.4 Å². The Hall–Kier alpha value is -2.29. The number of benzene rings is 1. The third kappa shape index (κ3) is 6.90. The third-order valence-electron chi connectivity index (χ3n) is 5.53. The molecule has 1 saturated carbocycles. The first kappa shape index (κ1) is 24.0. The van der Waals surface area contributed by atoms with Crippen molar-refractivity contribution >= 4 is 17.5 Å². The zero-order valence-corrected chi connectivity index (χ0v) is 17.8. The molecule has 0 aromatic heterocycles. The second-order valence-corrected chi connectivity index (χ2v) is 8.01. The predicted octanol–water partition coefficient (Wildman–Crippen LogP) is 3.81. The molecular weight excluding hydrogens is 399 g/mol. The molecule has 2 N–H and O–H groups in total. The number of amides is 2. The highest BCUT2D eigenvalue weighted by molar-refractivity contribution is 6.03. The van der Waals surface area contributed by atoms with Crippen LogP contribution in [0.5, 0.6) is 5.75 Å². The molecule has 2 rings (SSSR count). The van der Waals surface area contributed by atoms with Crippen LogP contribution in [0.2, 0.25) is 0 Å². The van der Waals surface area contributed by atoms with Crippen LogP contribution in [0.25, 0.3) is 0 Å². The fourth-order valence-electron chi connectivity index (χ4n) is 3.63. The largest absolute Gasteiger partial charge is 0.497 e. The van der Waals surface area contributed by atoms with Crippen molar-refractivity contribution in [3.05, 3.63) is 23.8 Å². The Balaban J connectivity index is 1.86. The zero-order valence-electron chi connectivity index (χ0n) is 17.8. The molecule has 9 heteroatoms. The van der Waals surface area contributed by atoms with Gasteiger partial charge >= 0.3 is 6.18 Å². The lowest BCUT2D eigenvalue weighted by Crippen LogP contribution is -2.45. The summed E-state index contributed by atoms with van der Waals surface area (Å²) in [5.74, 6) is -1.15. The van der Waals surface area contributed by atoms with Gasteiger partial charge in [-0.2, -0.15) is 13.2 Å². The molecule has 0 unspecified atom stereocenters. The highest BCUT2D eigenvalue weighted by atomic mass is 19.4. The van der Waals surface area contributed by atoms with Crippen molar-refractivity contribution in [1.29, 1.82) is 0 Å². The smallest absolute Gasteiger partial charge is 0.416 e. The molecule has 0 heterocycles. The molecule has 0 spiro atoms. The van der Waals surface area contributed by atoms with Gasteiger partial charge in [-0.1, -0.05) is 0 Å². The molecule has 6 nitrogen and oxygen atoms in total. The molecule has 1 aliphatic carbocycles. The minimum absolute atomic E-state index is 0.00997. The number of methoxy groups -OCH3 is 1. The first-order chi connectivity index (χ1) is 14.0. The summed E-state index contributed by atoms with van der Waals surface area (Å²) in [7, 11) is 3.34. The lowest BCUT2D eigenvalue weighted by atomic mass is 9.89. The van der Waals surface area contributed by atoms with E-state index >= 15 is 0 Å². The van der Waals surface area contributed by atoms with Gasteiger partial charge in [-0.05, 0) is 58.7 Å². The summed E-state index contributed by atoms with van der Waals surface area (Å²) in [6.45, 7) is 4.29. The first-order valence-electron chi connectivity index (χ1n) is 10.1. The van der Waals surface area contributed by atoms with Crippen molar-refractivity contribution in [3.8, 4) is 5.75 Å². The maximum absolute atomic E-state index is 13.0. The van der Waals surface area contributed by atoms with E-state index in [1.807, 2.05) is 0 Å². The van der Waals surface area contributed by atoms with E-state index in [-0.39, 0.29) is 17.5 Å². The van der Waals surface area contributed by atoms with E-state index in [2.05, 4.69) is 36.4 Å². The second-order valence-electron chi connectivity index (χ2n) is 8.01. The van der Waals surface area contributed by atoms with Crippen molar-refractivity contribution in [2.75, 3.05) is 19.5 Å². The number of carbonyl (C=O) groups excluding carboxylic acids is 2. The number of carbonyl (C=O) groups is 2. The van der Waals surface area contributed by atoms with Crippen LogP contribution in [0.1, 0.15) is 51.5 Å². The van der Waals surface area contributed by atoms with Gasteiger partial charge in [0.05, 0.1) is 12.7 Å². The Kier molecular flexibility index (Phi) is 8.11. The summed E-state index contributed by atoms with van der Waals surface area (Å²) in [5.41, 5.74) is -1.01. The molecule has 0 aliphatic heterocycles.